The molecule has 0 aromatic carbocycles. The number of nitrogens with zero attached hydrogens (tertiary/aromatic N) is 2. The minimum atomic E-state index is -0.733. The summed E-state index contributed by atoms with van der Waals surface area (Å²) in [6, 6.07) is -0.770. The lowest BCUT2D eigenvalue weighted by Crippen LogP contribution is -2.54. The Labute approximate surface area is 141 Å². The summed E-state index contributed by atoms with van der Waals surface area (Å²) in [7, 11) is 0. The van der Waals surface area contributed by atoms with Crippen LogP contribution in [0.3, 0.4) is 0 Å². The Kier molecular flexibility index (Phi) is 5.05. The Morgan fingerprint density at radius 1 is 1.17 bits per heavy atom. The number of piperidine rings is 1. The zero-order chi connectivity index (χ0) is 17.3. The molecular formula is C16H26N4O4. The van der Waals surface area contributed by atoms with Crippen LogP contribution in [0.25, 0.3) is 0 Å². The molecule has 3 rings (SSSR count). The molecule has 2 N–H and O–H groups in total. The Morgan fingerprint density at radius 3 is 2.33 bits per heavy atom. The number of imide groups is 1. The number of carbonyl (C=O) groups excluding carboxylic acids is 3. The quantitative estimate of drug-likeness (QED) is 0.689. The van der Waals surface area contributed by atoms with Gasteiger partial charge in [-0.3, -0.25) is 19.8 Å². The van der Waals surface area contributed by atoms with Crippen molar-refractivity contribution in [2.45, 2.75) is 57.4 Å². The molecule has 4 amide bonds. The van der Waals surface area contributed by atoms with Crippen LogP contribution in [0.5, 0.6) is 0 Å². The van der Waals surface area contributed by atoms with Crippen molar-refractivity contribution in [1.82, 2.24) is 20.4 Å². The number of likely N-dealkylation sites (tertiary alicyclic amines) is 1. The van der Waals surface area contributed by atoms with Crippen molar-refractivity contribution < 1.29 is 19.1 Å². The number of urea groups is 1. The second-order valence-corrected chi connectivity index (χ2v) is 7.04. The van der Waals surface area contributed by atoms with Gasteiger partial charge in [-0.25, -0.2) is 4.79 Å². The van der Waals surface area contributed by atoms with Gasteiger partial charge in [0.2, 0.25) is 5.91 Å². The van der Waals surface area contributed by atoms with Crippen molar-refractivity contribution in [3.63, 3.8) is 0 Å². The summed E-state index contributed by atoms with van der Waals surface area (Å²) < 4.78 is 5.78. The molecule has 3 aliphatic heterocycles. The smallest absolute Gasteiger partial charge is 0.322 e. The van der Waals surface area contributed by atoms with E-state index >= 15 is 0 Å². The molecule has 3 heterocycles. The van der Waals surface area contributed by atoms with Crippen LogP contribution in [0.15, 0.2) is 0 Å². The first-order chi connectivity index (χ1) is 11.4. The first kappa shape index (κ1) is 17.2. The zero-order valence-electron chi connectivity index (χ0n) is 14.3. The van der Waals surface area contributed by atoms with Gasteiger partial charge < -0.3 is 15.0 Å². The van der Waals surface area contributed by atoms with E-state index in [0.717, 1.165) is 25.9 Å². The second-order valence-electron chi connectivity index (χ2n) is 7.04. The number of rotatable bonds is 3. The molecule has 0 saturated carbocycles. The third-order valence-corrected chi connectivity index (χ3v) is 5.02. The van der Waals surface area contributed by atoms with E-state index in [0.29, 0.717) is 19.1 Å². The third kappa shape index (κ3) is 3.87. The molecule has 3 atom stereocenters. The maximum atomic E-state index is 12.4. The Bertz CT molecular complexity index is 508. The van der Waals surface area contributed by atoms with Crippen LogP contribution in [0.4, 0.5) is 4.79 Å². The Morgan fingerprint density at radius 2 is 1.79 bits per heavy atom. The minimum absolute atomic E-state index is 0.0356. The fraction of sp³-hybridized carbons (Fsp3) is 0.812. The zero-order valence-corrected chi connectivity index (χ0v) is 14.3. The highest BCUT2D eigenvalue weighted by Crippen LogP contribution is 2.22. The average molecular weight is 338 g/mol. The summed E-state index contributed by atoms with van der Waals surface area (Å²) in [5.74, 6) is -0.487. The second kappa shape index (κ2) is 7.06. The lowest BCUT2D eigenvalue weighted by atomic mass is 10.0. The summed E-state index contributed by atoms with van der Waals surface area (Å²) in [5.41, 5.74) is 0. The molecule has 8 heteroatoms. The van der Waals surface area contributed by atoms with Gasteiger partial charge in [0.25, 0.3) is 5.91 Å². The molecule has 134 valence electrons. The van der Waals surface area contributed by atoms with Crippen LogP contribution in [0.1, 0.15) is 33.1 Å². The number of morpholine rings is 1. The van der Waals surface area contributed by atoms with E-state index in [-0.39, 0.29) is 24.5 Å². The van der Waals surface area contributed by atoms with Gasteiger partial charge in [-0.1, -0.05) is 0 Å². The SMILES string of the molecule is C[C@@H]1CN(C2CCN(C(=O)C[C@H]3NC(=O)NC3=O)CC2)C[C@@H](C)O1. The molecule has 0 bridgehead atoms. The van der Waals surface area contributed by atoms with Gasteiger partial charge in [-0.05, 0) is 26.7 Å². The topological polar surface area (TPSA) is 91.0 Å². The van der Waals surface area contributed by atoms with Gasteiger partial charge in [0, 0.05) is 32.2 Å². The normalized spacial score (nSPS) is 32.6. The fourth-order valence-electron chi connectivity index (χ4n) is 3.90. The van der Waals surface area contributed by atoms with Crippen molar-refractivity contribution in [3.05, 3.63) is 0 Å². The maximum Gasteiger partial charge on any atom is 0.322 e. The van der Waals surface area contributed by atoms with Crippen LogP contribution in [-0.2, 0) is 14.3 Å². The van der Waals surface area contributed by atoms with E-state index in [9.17, 15) is 14.4 Å². The van der Waals surface area contributed by atoms with E-state index in [4.69, 9.17) is 4.74 Å². The lowest BCUT2D eigenvalue weighted by Gasteiger charge is -2.43. The molecule has 3 aliphatic rings. The largest absolute Gasteiger partial charge is 0.373 e. The highest BCUT2D eigenvalue weighted by Gasteiger charge is 2.35. The Hall–Kier alpha value is -1.67. The monoisotopic (exact) mass is 338 g/mol. The summed E-state index contributed by atoms with van der Waals surface area (Å²) in [4.78, 5) is 39.3. The number of amides is 4. The third-order valence-electron chi connectivity index (χ3n) is 5.02. The summed E-state index contributed by atoms with van der Waals surface area (Å²) in [6.45, 7) is 7.48. The van der Waals surface area contributed by atoms with Gasteiger partial charge in [0.15, 0.2) is 0 Å². The highest BCUT2D eigenvalue weighted by atomic mass is 16.5. The van der Waals surface area contributed by atoms with Crippen molar-refractivity contribution in [2.75, 3.05) is 26.2 Å². The number of ether oxygens (including phenoxy) is 1. The number of hydrogen-bond acceptors (Lipinski definition) is 5. The summed E-state index contributed by atoms with van der Waals surface area (Å²) in [6.07, 6.45) is 2.41. The molecule has 0 aliphatic carbocycles. The molecule has 0 aromatic rings. The van der Waals surface area contributed by atoms with Gasteiger partial charge in [0.05, 0.1) is 18.6 Å². The standard InChI is InChI=1S/C16H26N4O4/c1-10-8-20(9-11(2)24-10)12-3-5-19(6-4-12)14(21)7-13-15(22)18-16(23)17-13/h10-13H,3-9H2,1-2H3,(H2,17,18,22,23)/t10-,11-,13-/m1/s1. The van der Waals surface area contributed by atoms with Crippen molar-refractivity contribution in [2.24, 2.45) is 0 Å². The highest BCUT2D eigenvalue weighted by molar-refractivity contribution is 6.05. The molecule has 8 nitrogen and oxygen atoms in total. The van der Waals surface area contributed by atoms with Crippen molar-refractivity contribution in [3.8, 4) is 0 Å². The first-order valence-electron chi connectivity index (χ1n) is 8.71. The van der Waals surface area contributed by atoms with Gasteiger partial charge in [-0.15, -0.1) is 0 Å². The number of hydrogen-bond donors (Lipinski definition) is 2. The van der Waals surface area contributed by atoms with Crippen LogP contribution in [0, 0.1) is 0 Å². The Balaban J connectivity index is 1.47. The molecule has 24 heavy (non-hydrogen) atoms. The van der Waals surface area contributed by atoms with E-state index in [1.807, 2.05) is 4.90 Å². The molecule has 0 unspecified atom stereocenters. The summed E-state index contributed by atoms with van der Waals surface area (Å²) >= 11 is 0. The summed E-state index contributed by atoms with van der Waals surface area (Å²) in [5, 5.41) is 4.63. The molecule has 3 saturated heterocycles. The number of carbonyl (C=O) groups is 3. The van der Waals surface area contributed by atoms with Gasteiger partial charge >= 0.3 is 6.03 Å². The van der Waals surface area contributed by atoms with E-state index in [2.05, 4.69) is 29.4 Å². The van der Waals surface area contributed by atoms with E-state index in [1.54, 1.807) is 0 Å². The fourth-order valence-corrected chi connectivity index (χ4v) is 3.90. The maximum absolute atomic E-state index is 12.4. The molecule has 3 fully saturated rings. The molecule has 0 spiro atoms. The van der Waals surface area contributed by atoms with E-state index < -0.39 is 18.0 Å². The first-order valence-corrected chi connectivity index (χ1v) is 8.71. The lowest BCUT2D eigenvalue weighted by molar-refractivity contribution is -0.136. The van der Waals surface area contributed by atoms with Crippen LogP contribution in [0.2, 0.25) is 0 Å². The molecular weight excluding hydrogens is 312 g/mol. The average Bonchev–Trinajstić information content (AvgIpc) is 2.84. The number of nitrogens with one attached hydrogen (secondary N) is 2. The molecule has 0 aromatic heterocycles. The predicted octanol–water partition coefficient (Wildman–Crippen LogP) is -0.315. The van der Waals surface area contributed by atoms with Crippen molar-refractivity contribution in [1.29, 1.82) is 0 Å². The molecule has 0 radical (unpaired) electrons. The minimum Gasteiger partial charge on any atom is -0.373 e. The van der Waals surface area contributed by atoms with E-state index in [1.165, 1.54) is 0 Å². The van der Waals surface area contributed by atoms with Crippen LogP contribution < -0.4 is 10.6 Å². The van der Waals surface area contributed by atoms with Crippen LogP contribution in [-0.4, -0.2) is 78.1 Å². The van der Waals surface area contributed by atoms with Crippen molar-refractivity contribution >= 4 is 17.8 Å². The van der Waals surface area contributed by atoms with Gasteiger partial charge in [0.1, 0.15) is 6.04 Å². The van der Waals surface area contributed by atoms with Gasteiger partial charge in [-0.2, -0.15) is 0 Å². The predicted molar refractivity (Wildman–Crippen MR) is 86.3 cm³/mol. The van der Waals surface area contributed by atoms with Crippen LogP contribution >= 0.6 is 0 Å².